The summed E-state index contributed by atoms with van der Waals surface area (Å²) in [4.78, 5) is 28.4. The molecule has 1 heterocycles. The average molecular weight is 353 g/mol. The lowest BCUT2D eigenvalue weighted by atomic mass is 10.1. The summed E-state index contributed by atoms with van der Waals surface area (Å²) in [7, 11) is 1.58. The van der Waals surface area contributed by atoms with Gasteiger partial charge in [0.25, 0.3) is 0 Å². The molecule has 1 saturated heterocycles. The minimum absolute atomic E-state index is 0.00893. The van der Waals surface area contributed by atoms with E-state index in [1.165, 1.54) is 0 Å². The smallest absolute Gasteiger partial charge is 0.227 e. The molecule has 2 amide bonds. The molecule has 2 rings (SSSR count). The highest BCUT2D eigenvalue weighted by molar-refractivity contribution is 6.31. The van der Waals surface area contributed by atoms with Crippen LogP contribution in [0.1, 0.15) is 25.8 Å². The Morgan fingerprint density at radius 3 is 2.46 bits per heavy atom. The van der Waals surface area contributed by atoms with Crippen molar-refractivity contribution in [3.8, 4) is 5.75 Å². The molecule has 0 N–H and O–H groups in total. The number of hydrogen-bond acceptors (Lipinski definition) is 3. The van der Waals surface area contributed by atoms with Gasteiger partial charge in [0.1, 0.15) is 5.75 Å². The number of carbonyl (C=O) groups is 2. The number of ether oxygens (including phenoxy) is 1. The molecule has 0 atom stereocenters. The van der Waals surface area contributed by atoms with Crippen molar-refractivity contribution < 1.29 is 14.3 Å². The molecule has 0 spiro atoms. The first kappa shape index (κ1) is 18.6. The zero-order valence-electron chi connectivity index (χ0n) is 14.5. The summed E-state index contributed by atoms with van der Waals surface area (Å²) in [6, 6.07) is 5.35. The maximum Gasteiger partial charge on any atom is 0.227 e. The molecule has 1 fully saturated rings. The summed E-state index contributed by atoms with van der Waals surface area (Å²) >= 11 is 6.22. The third-order valence-corrected chi connectivity index (χ3v) is 4.61. The second kappa shape index (κ2) is 8.38. The van der Waals surface area contributed by atoms with Crippen molar-refractivity contribution in [2.75, 3.05) is 33.3 Å². The van der Waals surface area contributed by atoms with Crippen LogP contribution >= 0.6 is 11.6 Å². The van der Waals surface area contributed by atoms with Crippen LogP contribution in [-0.4, -0.2) is 54.9 Å². The van der Waals surface area contributed by atoms with Crippen LogP contribution in [0.3, 0.4) is 0 Å². The van der Waals surface area contributed by atoms with E-state index in [-0.39, 0.29) is 24.2 Å². The number of halogens is 1. The van der Waals surface area contributed by atoms with Crippen molar-refractivity contribution in [1.82, 2.24) is 9.80 Å². The summed E-state index contributed by atoms with van der Waals surface area (Å²) in [5.41, 5.74) is 0.793. The molecule has 0 unspecified atom stereocenters. The van der Waals surface area contributed by atoms with E-state index in [2.05, 4.69) is 0 Å². The van der Waals surface area contributed by atoms with Crippen LogP contribution in [0.5, 0.6) is 5.75 Å². The molecule has 0 aromatic heterocycles. The second-order valence-electron chi connectivity index (χ2n) is 6.35. The molecule has 132 valence electrons. The van der Waals surface area contributed by atoms with Gasteiger partial charge in [0.05, 0.1) is 13.5 Å². The fraction of sp³-hybridized carbons (Fsp3) is 0.556. The summed E-state index contributed by atoms with van der Waals surface area (Å²) in [6.45, 7) is 6.37. The van der Waals surface area contributed by atoms with Gasteiger partial charge < -0.3 is 14.5 Å². The third-order valence-electron chi connectivity index (χ3n) is 4.26. The highest BCUT2D eigenvalue weighted by Crippen LogP contribution is 2.23. The monoisotopic (exact) mass is 352 g/mol. The molecule has 0 saturated carbocycles. The predicted molar refractivity (Wildman–Crippen MR) is 94.3 cm³/mol. The number of amides is 2. The first-order chi connectivity index (χ1) is 11.4. The maximum atomic E-state index is 12.6. The lowest BCUT2D eigenvalue weighted by Crippen LogP contribution is -2.39. The van der Waals surface area contributed by atoms with Gasteiger partial charge in [-0.25, -0.2) is 0 Å². The fourth-order valence-corrected chi connectivity index (χ4v) is 3.06. The van der Waals surface area contributed by atoms with E-state index in [0.717, 1.165) is 12.0 Å². The number of nitrogens with zero attached hydrogens (tertiary/aromatic N) is 2. The van der Waals surface area contributed by atoms with Crippen LogP contribution in [0, 0.1) is 5.92 Å². The van der Waals surface area contributed by atoms with Crippen molar-refractivity contribution in [3.05, 3.63) is 28.8 Å². The predicted octanol–water partition coefficient (Wildman–Crippen LogP) is 2.61. The number of hydrogen-bond donors (Lipinski definition) is 0. The largest absolute Gasteiger partial charge is 0.497 e. The van der Waals surface area contributed by atoms with Crippen LogP contribution in [0.15, 0.2) is 18.2 Å². The van der Waals surface area contributed by atoms with Gasteiger partial charge >= 0.3 is 0 Å². The van der Waals surface area contributed by atoms with Crippen molar-refractivity contribution in [3.63, 3.8) is 0 Å². The zero-order valence-corrected chi connectivity index (χ0v) is 15.3. The summed E-state index contributed by atoms with van der Waals surface area (Å²) in [5, 5.41) is 0.536. The van der Waals surface area contributed by atoms with Gasteiger partial charge in [-0.05, 0) is 24.1 Å². The van der Waals surface area contributed by atoms with E-state index in [4.69, 9.17) is 16.3 Å². The lowest BCUT2D eigenvalue weighted by Gasteiger charge is -2.23. The molecule has 1 aromatic carbocycles. The molecule has 0 radical (unpaired) electrons. The van der Waals surface area contributed by atoms with E-state index in [0.29, 0.717) is 37.0 Å². The Morgan fingerprint density at radius 1 is 1.17 bits per heavy atom. The summed E-state index contributed by atoms with van der Waals surface area (Å²) in [5.74, 6) is 0.863. The summed E-state index contributed by atoms with van der Waals surface area (Å²) < 4.78 is 5.12. The molecule has 0 aliphatic carbocycles. The molecule has 5 nitrogen and oxygen atoms in total. The Bertz CT molecular complexity index is 604. The van der Waals surface area contributed by atoms with Gasteiger partial charge in [-0.3, -0.25) is 9.59 Å². The van der Waals surface area contributed by atoms with Crippen molar-refractivity contribution in [2.24, 2.45) is 5.92 Å². The van der Waals surface area contributed by atoms with Gasteiger partial charge in [0.2, 0.25) is 11.8 Å². The van der Waals surface area contributed by atoms with Crippen LogP contribution in [0.25, 0.3) is 0 Å². The third kappa shape index (κ3) is 4.63. The zero-order chi connectivity index (χ0) is 17.7. The standard InChI is InChI=1S/C18H25ClN2O3/c1-13(2)18(23)21-8-4-7-20(9-10-21)17(22)11-14-5-6-15(24-3)12-16(14)19/h5-6,12-13H,4,7-11H2,1-3H3. The maximum absolute atomic E-state index is 12.6. The number of benzene rings is 1. The van der Waals surface area contributed by atoms with Crippen LogP contribution < -0.4 is 4.74 Å². The van der Waals surface area contributed by atoms with E-state index in [1.54, 1.807) is 19.2 Å². The van der Waals surface area contributed by atoms with Crippen molar-refractivity contribution in [2.45, 2.75) is 26.7 Å². The van der Waals surface area contributed by atoms with Gasteiger partial charge in [-0.15, -0.1) is 0 Å². The number of carbonyl (C=O) groups excluding carboxylic acids is 2. The minimum Gasteiger partial charge on any atom is -0.497 e. The van der Waals surface area contributed by atoms with Gasteiger partial charge in [-0.2, -0.15) is 0 Å². The molecular formula is C18H25ClN2O3. The van der Waals surface area contributed by atoms with Gasteiger partial charge in [0, 0.05) is 37.1 Å². The van der Waals surface area contributed by atoms with Crippen LogP contribution in [0.4, 0.5) is 0 Å². The van der Waals surface area contributed by atoms with E-state index >= 15 is 0 Å². The van der Waals surface area contributed by atoms with Crippen LogP contribution in [-0.2, 0) is 16.0 Å². The second-order valence-corrected chi connectivity index (χ2v) is 6.76. The fourth-order valence-electron chi connectivity index (χ4n) is 2.83. The first-order valence-electron chi connectivity index (χ1n) is 8.31. The highest BCUT2D eigenvalue weighted by Gasteiger charge is 2.23. The van der Waals surface area contributed by atoms with Gasteiger partial charge in [-0.1, -0.05) is 31.5 Å². The Morgan fingerprint density at radius 2 is 1.83 bits per heavy atom. The SMILES string of the molecule is COc1ccc(CC(=O)N2CCCN(C(=O)C(C)C)CC2)c(Cl)c1. The van der Waals surface area contributed by atoms with Gasteiger partial charge in [0.15, 0.2) is 0 Å². The highest BCUT2D eigenvalue weighted by atomic mass is 35.5. The van der Waals surface area contributed by atoms with E-state index < -0.39 is 0 Å². The Hall–Kier alpha value is -1.75. The molecule has 1 aliphatic heterocycles. The number of methoxy groups -OCH3 is 1. The molecule has 1 aliphatic rings. The topological polar surface area (TPSA) is 49.9 Å². The Labute approximate surface area is 148 Å². The normalized spacial score (nSPS) is 15.4. The van der Waals surface area contributed by atoms with Crippen molar-refractivity contribution in [1.29, 1.82) is 0 Å². The van der Waals surface area contributed by atoms with Crippen molar-refractivity contribution >= 4 is 23.4 Å². The molecule has 24 heavy (non-hydrogen) atoms. The average Bonchev–Trinajstić information content (AvgIpc) is 2.81. The molecule has 0 bridgehead atoms. The van der Waals surface area contributed by atoms with E-state index in [1.807, 2.05) is 29.7 Å². The molecular weight excluding hydrogens is 328 g/mol. The summed E-state index contributed by atoms with van der Waals surface area (Å²) in [6.07, 6.45) is 1.07. The van der Waals surface area contributed by atoms with E-state index in [9.17, 15) is 9.59 Å². The Balaban J connectivity index is 1.97. The molecule has 1 aromatic rings. The number of rotatable bonds is 4. The minimum atomic E-state index is -0.00893. The Kier molecular flexibility index (Phi) is 6.49. The molecule has 6 heteroatoms. The van der Waals surface area contributed by atoms with Crippen LogP contribution in [0.2, 0.25) is 5.02 Å². The first-order valence-corrected chi connectivity index (χ1v) is 8.69. The quantitative estimate of drug-likeness (QED) is 0.837. The lowest BCUT2D eigenvalue weighted by molar-refractivity contribution is -0.135.